The Kier molecular flexibility index (Phi) is 5.57. The highest BCUT2D eigenvalue weighted by Crippen LogP contribution is 2.32. The summed E-state index contributed by atoms with van der Waals surface area (Å²) < 4.78 is 0. The maximum absolute atomic E-state index is 12.7. The zero-order chi connectivity index (χ0) is 19.5. The second-order valence-corrected chi connectivity index (χ2v) is 8.54. The Hall–Kier alpha value is -2.47. The number of H-pyrrole nitrogens is 1. The molecule has 1 aromatic carbocycles. The van der Waals surface area contributed by atoms with Gasteiger partial charge in [0.05, 0.1) is 11.4 Å². The molecule has 0 unspecified atom stereocenters. The summed E-state index contributed by atoms with van der Waals surface area (Å²) in [6.07, 6.45) is 6.30. The van der Waals surface area contributed by atoms with E-state index in [9.17, 15) is 9.59 Å². The second kappa shape index (κ2) is 8.27. The molecule has 4 rings (SSSR count). The van der Waals surface area contributed by atoms with Crippen LogP contribution in [0.5, 0.6) is 0 Å². The molecule has 0 aliphatic heterocycles. The SMILES string of the molecule is C[C@H](NC(=O)CCc1nc2sc3c(c2c(=O)[nH]1)CCCCC3)c1ccccc1. The molecule has 3 aromatic rings. The van der Waals surface area contributed by atoms with Crippen LogP contribution in [0.2, 0.25) is 0 Å². The summed E-state index contributed by atoms with van der Waals surface area (Å²) in [4.78, 5) is 34.7. The summed E-state index contributed by atoms with van der Waals surface area (Å²) in [5, 5.41) is 3.78. The molecule has 1 aliphatic rings. The number of aryl methyl sites for hydroxylation is 3. The number of benzene rings is 1. The Balaban J connectivity index is 1.45. The third-order valence-corrected chi connectivity index (χ3v) is 6.58. The van der Waals surface area contributed by atoms with E-state index >= 15 is 0 Å². The maximum atomic E-state index is 12.7. The van der Waals surface area contributed by atoms with Crippen molar-refractivity contribution in [2.45, 2.75) is 57.9 Å². The summed E-state index contributed by atoms with van der Waals surface area (Å²) in [7, 11) is 0. The van der Waals surface area contributed by atoms with Crippen LogP contribution in [0.1, 0.15) is 60.5 Å². The fourth-order valence-electron chi connectivity index (χ4n) is 3.87. The average molecular weight is 396 g/mol. The minimum absolute atomic E-state index is 0.0407. The number of hydrogen-bond donors (Lipinski definition) is 2. The van der Waals surface area contributed by atoms with Gasteiger partial charge < -0.3 is 10.3 Å². The van der Waals surface area contributed by atoms with Crippen LogP contribution in [0.25, 0.3) is 10.2 Å². The summed E-state index contributed by atoms with van der Waals surface area (Å²) in [6.45, 7) is 1.97. The number of carbonyl (C=O) groups excluding carboxylic acids is 1. The molecule has 1 atom stereocenters. The van der Waals surface area contributed by atoms with Crippen LogP contribution >= 0.6 is 11.3 Å². The Morgan fingerprint density at radius 2 is 2.00 bits per heavy atom. The van der Waals surface area contributed by atoms with Gasteiger partial charge in [0.1, 0.15) is 10.7 Å². The van der Waals surface area contributed by atoms with E-state index in [4.69, 9.17) is 0 Å². The molecule has 6 heteroatoms. The van der Waals surface area contributed by atoms with Crippen LogP contribution in [0, 0.1) is 0 Å². The first-order valence-corrected chi connectivity index (χ1v) is 10.8. The fraction of sp³-hybridized carbons (Fsp3) is 0.409. The van der Waals surface area contributed by atoms with E-state index in [-0.39, 0.29) is 17.5 Å². The molecule has 0 saturated carbocycles. The van der Waals surface area contributed by atoms with E-state index in [0.717, 1.165) is 35.0 Å². The van der Waals surface area contributed by atoms with E-state index < -0.39 is 0 Å². The highest BCUT2D eigenvalue weighted by atomic mass is 32.1. The zero-order valence-electron chi connectivity index (χ0n) is 16.1. The van der Waals surface area contributed by atoms with E-state index in [1.54, 1.807) is 11.3 Å². The molecular formula is C22H25N3O2S. The van der Waals surface area contributed by atoms with Crippen molar-refractivity contribution >= 4 is 27.5 Å². The van der Waals surface area contributed by atoms with Gasteiger partial charge in [-0.25, -0.2) is 4.98 Å². The van der Waals surface area contributed by atoms with Gasteiger partial charge >= 0.3 is 0 Å². The van der Waals surface area contributed by atoms with Crippen LogP contribution in [0.15, 0.2) is 35.1 Å². The van der Waals surface area contributed by atoms with Crippen LogP contribution in [0.4, 0.5) is 0 Å². The fourth-order valence-corrected chi connectivity index (χ4v) is 5.16. The molecule has 0 radical (unpaired) electrons. The number of hydrogen-bond acceptors (Lipinski definition) is 4. The van der Waals surface area contributed by atoms with Crippen LogP contribution in [-0.4, -0.2) is 15.9 Å². The van der Waals surface area contributed by atoms with Gasteiger partial charge in [0.25, 0.3) is 5.56 Å². The van der Waals surface area contributed by atoms with Gasteiger partial charge in [0, 0.05) is 17.7 Å². The maximum Gasteiger partial charge on any atom is 0.259 e. The van der Waals surface area contributed by atoms with Crippen LogP contribution in [-0.2, 0) is 24.1 Å². The number of thiophene rings is 1. The smallest absolute Gasteiger partial charge is 0.259 e. The van der Waals surface area contributed by atoms with Gasteiger partial charge in [-0.15, -0.1) is 11.3 Å². The topological polar surface area (TPSA) is 74.8 Å². The number of fused-ring (bicyclic) bond motifs is 3. The molecule has 2 N–H and O–H groups in total. The highest BCUT2D eigenvalue weighted by molar-refractivity contribution is 7.18. The van der Waals surface area contributed by atoms with Crippen molar-refractivity contribution < 1.29 is 4.79 Å². The number of carbonyl (C=O) groups is 1. The first-order chi connectivity index (χ1) is 13.6. The van der Waals surface area contributed by atoms with Crippen molar-refractivity contribution in [2.24, 2.45) is 0 Å². The predicted molar refractivity (Wildman–Crippen MR) is 113 cm³/mol. The molecule has 5 nitrogen and oxygen atoms in total. The van der Waals surface area contributed by atoms with Crippen molar-refractivity contribution in [1.82, 2.24) is 15.3 Å². The molecule has 2 aromatic heterocycles. The normalized spacial score (nSPS) is 15.0. The number of rotatable bonds is 5. The average Bonchev–Trinajstić information content (AvgIpc) is 2.89. The highest BCUT2D eigenvalue weighted by Gasteiger charge is 2.19. The first kappa shape index (κ1) is 18.9. The van der Waals surface area contributed by atoms with E-state index in [2.05, 4.69) is 15.3 Å². The third-order valence-electron chi connectivity index (χ3n) is 5.39. The quantitative estimate of drug-likeness (QED) is 0.640. The molecule has 2 heterocycles. The van der Waals surface area contributed by atoms with Crippen molar-refractivity contribution in [1.29, 1.82) is 0 Å². The molecule has 1 aliphatic carbocycles. The number of nitrogens with zero attached hydrogens (tertiary/aromatic N) is 1. The molecule has 0 fully saturated rings. The lowest BCUT2D eigenvalue weighted by atomic mass is 10.1. The summed E-state index contributed by atoms with van der Waals surface area (Å²) >= 11 is 1.65. The number of amides is 1. The predicted octanol–water partition coefficient (Wildman–Crippen LogP) is 4.06. The Bertz CT molecular complexity index is 1040. The molecular weight excluding hydrogens is 370 g/mol. The lowest BCUT2D eigenvalue weighted by Gasteiger charge is -2.14. The van der Waals surface area contributed by atoms with Crippen LogP contribution < -0.4 is 10.9 Å². The lowest BCUT2D eigenvalue weighted by Crippen LogP contribution is -2.27. The van der Waals surface area contributed by atoms with E-state index in [0.29, 0.717) is 18.7 Å². The Morgan fingerprint density at radius 3 is 2.82 bits per heavy atom. The Morgan fingerprint density at radius 1 is 1.21 bits per heavy atom. The van der Waals surface area contributed by atoms with Crippen molar-refractivity contribution in [3.63, 3.8) is 0 Å². The van der Waals surface area contributed by atoms with Crippen molar-refractivity contribution in [3.8, 4) is 0 Å². The minimum atomic E-state index is -0.0579. The molecule has 146 valence electrons. The van der Waals surface area contributed by atoms with Crippen molar-refractivity contribution in [2.75, 3.05) is 0 Å². The van der Waals surface area contributed by atoms with Crippen LogP contribution in [0.3, 0.4) is 0 Å². The Labute approximate surface area is 168 Å². The number of aromatic nitrogens is 2. The lowest BCUT2D eigenvalue weighted by molar-refractivity contribution is -0.121. The zero-order valence-corrected chi connectivity index (χ0v) is 16.9. The first-order valence-electron chi connectivity index (χ1n) is 9.99. The summed E-state index contributed by atoms with van der Waals surface area (Å²) in [6, 6.07) is 9.84. The van der Waals surface area contributed by atoms with Gasteiger partial charge in [-0.05, 0) is 43.7 Å². The number of nitrogens with one attached hydrogen (secondary N) is 2. The van der Waals surface area contributed by atoms with Gasteiger partial charge in [0.15, 0.2) is 0 Å². The minimum Gasteiger partial charge on any atom is -0.350 e. The third kappa shape index (κ3) is 4.02. The van der Waals surface area contributed by atoms with Gasteiger partial charge in [-0.2, -0.15) is 0 Å². The summed E-state index contributed by atoms with van der Waals surface area (Å²) in [5.74, 6) is 0.553. The molecule has 0 bridgehead atoms. The standard InChI is InChI=1S/C22H25N3O2S/c1-14(15-8-4-2-5-9-15)23-19(26)13-12-18-24-21(27)20-16-10-6-3-7-11-17(16)28-22(20)25-18/h2,4-5,8-9,14H,3,6-7,10-13H2,1H3,(H,23,26)(H,24,25,27)/t14-/m0/s1. The number of aromatic amines is 1. The molecule has 0 saturated heterocycles. The summed E-state index contributed by atoms with van der Waals surface area (Å²) in [5.41, 5.74) is 2.22. The van der Waals surface area contributed by atoms with Gasteiger partial charge in [-0.3, -0.25) is 9.59 Å². The van der Waals surface area contributed by atoms with E-state index in [1.807, 2.05) is 37.3 Å². The van der Waals surface area contributed by atoms with Gasteiger partial charge in [0.2, 0.25) is 5.91 Å². The molecule has 0 spiro atoms. The second-order valence-electron chi connectivity index (χ2n) is 7.46. The molecule has 28 heavy (non-hydrogen) atoms. The van der Waals surface area contributed by atoms with E-state index in [1.165, 1.54) is 23.3 Å². The largest absolute Gasteiger partial charge is 0.350 e. The van der Waals surface area contributed by atoms with Crippen molar-refractivity contribution in [3.05, 3.63) is 62.5 Å². The monoisotopic (exact) mass is 395 g/mol. The van der Waals surface area contributed by atoms with Gasteiger partial charge in [-0.1, -0.05) is 36.8 Å². The molecule has 1 amide bonds.